The van der Waals surface area contributed by atoms with Crippen molar-refractivity contribution in [2.75, 3.05) is 6.54 Å². The van der Waals surface area contributed by atoms with E-state index in [0.717, 1.165) is 0 Å². The van der Waals surface area contributed by atoms with Gasteiger partial charge in [-0.05, 0) is 46.3 Å². The number of benzene rings is 1. The molecule has 0 spiro atoms. The van der Waals surface area contributed by atoms with Crippen LogP contribution in [-0.4, -0.2) is 45.9 Å². The second-order valence-electron chi connectivity index (χ2n) is 7.59. The molecule has 1 heterocycles. The average Bonchev–Trinajstić information content (AvgIpc) is 2.99. The first-order valence-corrected chi connectivity index (χ1v) is 8.70. The van der Waals surface area contributed by atoms with Crippen LogP contribution in [0.2, 0.25) is 0 Å². The summed E-state index contributed by atoms with van der Waals surface area (Å²) in [5.41, 5.74) is -1.90. The van der Waals surface area contributed by atoms with Crippen molar-refractivity contribution in [3.05, 3.63) is 48.0 Å². The lowest BCUT2D eigenvalue weighted by atomic mass is 9.87. The first-order valence-electron chi connectivity index (χ1n) is 8.70. The number of hydrogen-bond acceptors (Lipinski definition) is 5. The van der Waals surface area contributed by atoms with Crippen molar-refractivity contribution in [1.29, 1.82) is 0 Å². The maximum Gasteiger partial charge on any atom is 0.411 e. The normalized spacial score (nSPS) is 21.0. The summed E-state index contributed by atoms with van der Waals surface area (Å²) in [5, 5.41) is 11.1. The lowest BCUT2D eigenvalue weighted by Gasteiger charge is -2.40. The minimum Gasteiger partial charge on any atom is -0.461 e. The van der Waals surface area contributed by atoms with E-state index in [4.69, 9.17) is 9.47 Å². The molecule has 0 bridgehead atoms. The Kier molecular flexibility index (Phi) is 5.76. The van der Waals surface area contributed by atoms with E-state index in [9.17, 15) is 14.7 Å². The molecule has 6 nitrogen and oxygen atoms in total. The van der Waals surface area contributed by atoms with E-state index in [1.54, 1.807) is 65.0 Å². The summed E-state index contributed by atoms with van der Waals surface area (Å²) in [5.74, 6) is -0.691. The number of ether oxygens (including phenoxy) is 2. The van der Waals surface area contributed by atoms with Crippen molar-refractivity contribution in [1.82, 2.24) is 4.90 Å². The predicted molar refractivity (Wildman–Crippen MR) is 97.4 cm³/mol. The molecule has 26 heavy (non-hydrogen) atoms. The molecule has 0 saturated heterocycles. The molecule has 1 N–H and O–H groups in total. The van der Waals surface area contributed by atoms with Gasteiger partial charge in [0, 0.05) is 6.54 Å². The molecule has 1 aliphatic rings. The molecule has 1 aromatic carbocycles. The third-order valence-electron chi connectivity index (χ3n) is 3.92. The fraction of sp³-hybridized carbons (Fsp3) is 0.500. The SMILES string of the molecule is CC(C)OC(=O)C1([C@@H](O)c2ccccc2)C=CCN1C(=O)OC(C)(C)C. The van der Waals surface area contributed by atoms with Crippen molar-refractivity contribution in [3.8, 4) is 0 Å². The number of aliphatic hydroxyl groups is 1. The number of amides is 1. The van der Waals surface area contributed by atoms with Crippen LogP contribution in [0.15, 0.2) is 42.5 Å². The van der Waals surface area contributed by atoms with Crippen molar-refractivity contribution < 1.29 is 24.2 Å². The second kappa shape index (κ2) is 7.50. The highest BCUT2D eigenvalue weighted by molar-refractivity contribution is 5.90. The van der Waals surface area contributed by atoms with Crippen LogP contribution in [0.3, 0.4) is 0 Å². The number of hydrogen-bond donors (Lipinski definition) is 1. The van der Waals surface area contributed by atoms with E-state index in [0.29, 0.717) is 5.56 Å². The number of nitrogens with zero attached hydrogens (tertiary/aromatic N) is 1. The Morgan fingerprint density at radius 3 is 2.35 bits per heavy atom. The smallest absolute Gasteiger partial charge is 0.411 e. The van der Waals surface area contributed by atoms with E-state index in [2.05, 4.69) is 0 Å². The lowest BCUT2D eigenvalue weighted by molar-refractivity contribution is -0.164. The zero-order chi connectivity index (χ0) is 19.5. The van der Waals surface area contributed by atoms with Crippen molar-refractivity contribution >= 4 is 12.1 Å². The summed E-state index contributed by atoms with van der Waals surface area (Å²) >= 11 is 0. The van der Waals surface area contributed by atoms with Crippen molar-refractivity contribution in [2.45, 2.75) is 58.0 Å². The van der Waals surface area contributed by atoms with Crippen molar-refractivity contribution in [3.63, 3.8) is 0 Å². The molecular formula is C20H27NO5. The first-order chi connectivity index (χ1) is 12.1. The minimum atomic E-state index is -1.67. The van der Waals surface area contributed by atoms with Crippen LogP contribution >= 0.6 is 0 Å². The molecule has 1 unspecified atom stereocenters. The van der Waals surface area contributed by atoms with E-state index in [1.165, 1.54) is 11.0 Å². The van der Waals surface area contributed by atoms with Gasteiger partial charge in [0.15, 0.2) is 5.54 Å². The maximum absolute atomic E-state index is 13.0. The van der Waals surface area contributed by atoms with E-state index < -0.39 is 35.4 Å². The third kappa shape index (κ3) is 4.07. The van der Waals surface area contributed by atoms with Gasteiger partial charge in [-0.15, -0.1) is 0 Å². The molecule has 2 atom stereocenters. The van der Waals surface area contributed by atoms with Crippen LogP contribution in [0.4, 0.5) is 4.79 Å². The van der Waals surface area contributed by atoms with Gasteiger partial charge in [-0.25, -0.2) is 9.59 Å². The first kappa shape index (κ1) is 20.0. The fourth-order valence-corrected chi connectivity index (χ4v) is 2.85. The number of aliphatic hydroxyl groups excluding tert-OH is 1. The van der Waals surface area contributed by atoms with Crippen LogP contribution in [0.25, 0.3) is 0 Å². The molecule has 1 amide bonds. The van der Waals surface area contributed by atoms with E-state index in [1.807, 2.05) is 6.07 Å². The lowest BCUT2D eigenvalue weighted by Crippen LogP contribution is -2.58. The van der Waals surface area contributed by atoms with Gasteiger partial charge in [0.2, 0.25) is 0 Å². The Bertz CT molecular complexity index is 677. The monoisotopic (exact) mass is 361 g/mol. The molecule has 1 aromatic rings. The number of esters is 1. The van der Waals surface area contributed by atoms with Gasteiger partial charge in [-0.3, -0.25) is 4.90 Å². The van der Waals surface area contributed by atoms with Gasteiger partial charge in [0.25, 0.3) is 0 Å². The Morgan fingerprint density at radius 1 is 1.19 bits per heavy atom. The zero-order valence-corrected chi connectivity index (χ0v) is 15.9. The van der Waals surface area contributed by atoms with Gasteiger partial charge in [-0.1, -0.05) is 36.4 Å². The molecule has 0 aromatic heterocycles. The summed E-state index contributed by atoms with van der Waals surface area (Å²) in [6.07, 6.45) is 0.827. The third-order valence-corrected chi connectivity index (χ3v) is 3.92. The van der Waals surface area contributed by atoms with Crippen LogP contribution in [0, 0.1) is 0 Å². The average molecular weight is 361 g/mol. The zero-order valence-electron chi connectivity index (χ0n) is 15.9. The van der Waals surface area contributed by atoms with Crippen LogP contribution < -0.4 is 0 Å². The largest absolute Gasteiger partial charge is 0.461 e. The van der Waals surface area contributed by atoms with Gasteiger partial charge in [0.1, 0.15) is 11.7 Å². The Morgan fingerprint density at radius 2 is 1.81 bits per heavy atom. The molecule has 2 rings (SSSR count). The highest BCUT2D eigenvalue weighted by atomic mass is 16.6. The van der Waals surface area contributed by atoms with Gasteiger partial charge in [-0.2, -0.15) is 0 Å². The molecule has 0 fully saturated rings. The van der Waals surface area contributed by atoms with Crippen LogP contribution in [0.5, 0.6) is 0 Å². The Hall–Kier alpha value is -2.34. The topological polar surface area (TPSA) is 76.1 Å². The van der Waals surface area contributed by atoms with E-state index in [-0.39, 0.29) is 6.54 Å². The summed E-state index contributed by atoms with van der Waals surface area (Å²) in [6, 6.07) is 8.74. The molecule has 0 aliphatic carbocycles. The van der Waals surface area contributed by atoms with Gasteiger partial charge >= 0.3 is 12.1 Å². The fourth-order valence-electron chi connectivity index (χ4n) is 2.85. The molecule has 0 radical (unpaired) electrons. The van der Waals surface area contributed by atoms with Crippen LogP contribution in [-0.2, 0) is 14.3 Å². The molecule has 142 valence electrons. The summed E-state index contributed by atoms with van der Waals surface area (Å²) in [7, 11) is 0. The van der Waals surface area contributed by atoms with Crippen LogP contribution in [0.1, 0.15) is 46.3 Å². The minimum absolute atomic E-state index is 0.145. The standard InChI is InChI=1S/C20H27NO5/c1-14(2)25-17(23)20(16(22)15-10-7-6-8-11-15)12-9-13-21(20)18(24)26-19(3,4)5/h6-12,14,16,22H,13H2,1-5H3/t16-,20?/m0/s1. The van der Waals surface area contributed by atoms with E-state index >= 15 is 0 Å². The number of rotatable bonds is 4. The Labute approximate surface area is 154 Å². The quantitative estimate of drug-likeness (QED) is 0.658. The molecule has 0 saturated carbocycles. The molecule has 6 heteroatoms. The predicted octanol–water partition coefficient (Wildman–Crippen LogP) is 3.22. The highest BCUT2D eigenvalue weighted by Crippen LogP contribution is 2.38. The van der Waals surface area contributed by atoms with Gasteiger partial charge < -0.3 is 14.6 Å². The summed E-state index contributed by atoms with van der Waals surface area (Å²) in [6.45, 7) is 8.82. The Balaban J connectivity index is 2.47. The molecular weight excluding hydrogens is 334 g/mol. The second-order valence-corrected chi connectivity index (χ2v) is 7.59. The maximum atomic E-state index is 13.0. The summed E-state index contributed by atoms with van der Waals surface area (Å²) in [4.78, 5) is 27.0. The summed E-state index contributed by atoms with van der Waals surface area (Å²) < 4.78 is 10.8. The van der Waals surface area contributed by atoms with Crippen molar-refractivity contribution in [2.24, 2.45) is 0 Å². The molecule has 1 aliphatic heterocycles. The number of carbonyl (C=O) groups is 2. The van der Waals surface area contributed by atoms with Gasteiger partial charge in [0.05, 0.1) is 6.10 Å². The highest BCUT2D eigenvalue weighted by Gasteiger charge is 2.55. The number of carbonyl (C=O) groups excluding carboxylic acids is 2.